The Kier molecular flexibility index (Phi) is 5.42. The van der Waals surface area contributed by atoms with Crippen LogP contribution in [0.15, 0.2) is 52.2 Å². The Hall–Kier alpha value is -2.60. The van der Waals surface area contributed by atoms with Crippen LogP contribution in [0.25, 0.3) is 10.9 Å². The molecule has 0 aliphatic rings. The maximum Gasteiger partial charge on any atom is 0.258 e. The second-order valence-corrected chi connectivity index (χ2v) is 7.35. The summed E-state index contributed by atoms with van der Waals surface area (Å²) < 4.78 is 0. The molecule has 3 aromatic rings. The van der Waals surface area contributed by atoms with Gasteiger partial charge in [0.25, 0.3) is 5.56 Å². The first-order valence-electron chi connectivity index (χ1n) is 8.36. The largest absolute Gasteiger partial charge is 0.338 e. The van der Waals surface area contributed by atoms with Gasteiger partial charge in [0, 0.05) is 11.9 Å². The van der Waals surface area contributed by atoms with Crippen LogP contribution >= 0.6 is 11.8 Å². The van der Waals surface area contributed by atoms with E-state index in [1.165, 1.54) is 22.9 Å². The molecular formula is C20H21N3O2S. The molecule has 0 unspecified atom stereocenters. The number of benzene rings is 2. The molecule has 0 saturated heterocycles. The SMILES string of the molecule is Cc1ccc(SCC(=O)N(C)Cc2nc3ccccc3c(=O)[nH]2)c(C)c1. The normalized spacial score (nSPS) is 10.9. The summed E-state index contributed by atoms with van der Waals surface area (Å²) in [4.78, 5) is 34.5. The third-order valence-electron chi connectivity index (χ3n) is 4.16. The smallest absolute Gasteiger partial charge is 0.258 e. The number of rotatable bonds is 5. The molecule has 134 valence electrons. The van der Waals surface area contributed by atoms with Crippen LogP contribution in [-0.4, -0.2) is 33.6 Å². The Labute approximate surface area is 156 Å². The van der Waals surface area contributed by atoms with Gasteiger partial charge >= 0.3 is 0 Å². The van der Waals surface area contributed by atoms with E-state index < -0.39 is 0 Å². The number of aromatic nitrogens is 2. The predicted molar refractivity (Wildman–Crippen MR) is 105 cm³/mol. The highest BCUT2D eigenvalue weighted by atomic mass is 32.2. The number of para-hydroxylation sites is 1. The molecule has 0 saturated carbocycles. The van der Waals surface area contributed by atoms with Crippen LogP contribution in [0.5, 0.6) is 0 Å². The number of aromatic amines is 1. The lowest BCUT2D eigenvalue weighted by Crippen LogP contribution is -2.29. The van der Waals surface area contributed by atoms with Crippen molar-refractivity contribution in [3.8, 4) is 0 Å². The lowest BCUT2D eigenvalue weighted by atomic mass is 10.2. The zero-order chi connectivity index (χ0) is 18.7. The highest BCUT2D eigenvalue weighted by molar-refractivity contribution is 8.00. The van der Waals surface area contributed by atoms with Gasteiger partial charge in [-0.3, -0.25) is 9.59 Å². The van der Waals surface area contributed by atoms with Crippen LogP contribution in [0.4, 0.5) is 0 Å². The van der Waals surface area contributed by atoms with Crippen molar-refractivity contribution in [2.75, 3.05) is 12.8 Å². The number of amides is 1. The molecule has 0 atom stereocenters. The summed E-state index contributed by atoms with van der Waals surface area (Å²) in [6, 6.07) is 13.4. The lowest BCUT2D eigenvalue weighted by Gasteiger charge is -2.17. The Morgan fingerprint density at radius 2 is 1.96 bits per heavy atom. The monoisotopic (exact) mass is 367 g/mol. The second-order valence-electron chi connectivity index (χ2n) is 6.34. The van der Waals surface area contributed by atoms with E-state index in [4.69, 9.17) is 0 Å². The molecule has 3 rings (SSSR count). The van der Waals surface area contributed by atoms with Gasteiger partial charge in [-0.1, -0.05) is 29.8 Å². The third-order valence-corrected chi connectivity index (χ3v) is 5.32. The molecule has 0 radical (unpaired) electrons. The van der Waals surface area contributed by atoms with Crippen molar-refractivity contribution in [2.45, 2.75) is 25.3 Å². The number of thioether (sulfide) groups is 1. The van der Waals surface area contributed by atoms with Crippen molar-refractivity contribution >= 4 is 28.6 Å². The number of carbonyl (C=O) groups excluding carboxylic acids is 1. The van der Waals surface area contributed by atoms with Crippen LogP contribution in [0.3, 0.4) is 0 Å². The maximum absolute atomic E-state index is 12.4. The number of nitrogens with one attached hydrogen (secondary N) is 1. The predicted octanol–water partition coefficient (Wildman–Crippen LogP) is 3.29. The zero-order valence-electron chi connectivity index (χ0n) is 15.1. The Morgan fingerprint density at radius 1 is 1.19 bits per heavy atom. The summed E-state index contributed by atoms with van der Waals surface area (Å²) in [6.07, 6.45) is 0. The molecule has 5 nitrogen and oxygen atoms in total. The standard InChI is InChI=1S/C20H21N3O2S/c1-13-8-9-17(14(2)10-13)26-12-19(24)23(3)11-18-21-16-7-5-4-6-15(16)20(25)22-18/h4-10H,11-12H2,1-3H3,(H,21,22,25). The van der Waals surface area contributed by atoms with Gasteiger partial charge in [0.05, 0.1) is 23.2 Å². The van der Waals surface area contributed by atoms with Crippen LogP contribution in [0.1, 0.15) is 17.0 Å². The summed E-state index contributed by atoms with van der Waals surface area (Å²) in [7, 11) is 1.72. The molecule has 0 spiro atoms. The quantitative estimate of drug-likeness (QED) is 0.703. The van der Waals surface area contributed by atoms with Gasteiger partial charge in [0.15, 0.2) is 0 Å². The molecular weight excluding hydrogens is 346 g/mol. The van der Waals surface area contributed by atoms with Gasteiger partial charge in [-0.25, -0.2) is 4.98 Å². The molecule has 26 heavy (non-hydrogen) atoms. The minimum Gasteiger partial charge on any atom is -0.338 e. The fourth-order valence-corrected chi connectivity index (χ4v) is 3.68. The summed E-state index contributed by atoms with van der Waals surface area (Å²) in [5.74, 6) is 0.824. The van der Waals surface area contributed by atoms with Crippen molar-refractivity contribution < 1.29 is 4.79 Å². The number of nitrogens with zero attached hydrogens (tertiary/aromatic N) is 2. The summed E-state index contributed by atoms with van der Waals surface area (Å²) in [5.41, 5.74) is 2.83. The third kappa shape index (κ3) is 4.14. The van der Waals surface area contributed by atoms with E-state index >= 15 is 0 Å². The van der Waals surface area contributed by atoms with E-state index in [1.54, 1.807) is 30.1 Å². The van der Waals surface area contributed by atoms with Crippen molar-refractivity contribution in [2.24, 2.45) is 0 Å². The topological polar surface area (TPSA) is 66.1 Å². The first-order chi connectivity index (χ1) is 12.4. The molecule has 0 aliphatic carbocycles. The highest BCUT2D eigenvalue weighted by Crippen LogP contribution is 2.23. The van der Waals surface area contributed by atoms with E-state index in [2.05, 4.69) is 23.0 Å². The van der Waals surface area contributed by atoms with Crippen molar-refractivity contribution in [1.82, 2.24) is 14.9 Å². The van der Waals surface area contributed by atoms with E-state index in [9.17, 15) is 9.59 Å². The number of aryl methyl sites for hydroxylation is 2. The van der Waals surface area contributed by atoms with E-state index in [-0.39, 0.29) is 18.0 Å². The minimum atomic E-state index is -0.184. The maximum atomic E-state index is 12.4. The number of hydrogen-bond donors (Lipinski definition) is 1. The first-order valence-corrected chi connectivity index (χ1v) is 9.34. The van der Waals surface area contributed by atoms with Gasteiger partial charge in [-0.05, 0) is 37.6 Å². The van der Waals surface area contributed by atoms with E-state index in [0.29, 0.717) is 22.5 Å². The molecule has 1 amide bonds. The Morgan fingerprint density at radius 3 is 2.73 bits per heavy atom. The van der Waals surface area contributed by atoms with E-state index in [0.717, 1.165) is 4.90 Å². The van der Waals surface area contributed by atoms with Gasteiger partial charge < -0.3 is 9.88 Å². The summed E-state index contributed by atoms with van der Waals surface area (Å²) >= 11 is 1.52. The van der Waals surface area contributed by atoms with Gasteiger partial charge in [-0.2, -0.15) is 0 Å². The highest BCUT2D eigenvalue weighted by Gasteiger charge is 2.13. The number of H-pyrrole nitrogens is 1. The Balaban J connectivity index is 1.66. The minimum absolute atomic E-state index is 0.00853. The van der Waals surface area contributed by atoms with Crippen LogP contribution in [0, 0.1) is 13.8 Å². The fourth-order valence-electron chi connectivity index (χ4n) is 2.73. The average Bonchev–Trinajstić information content (AvgIpc) is 2.60. The number of fused-ring (bicyclic) bond motifs is 1. The Bertz CT molecular complexity index is 1010. The second kappa shape index (κ2) is 7.74. The van der Waals surface area contributed by atoms with Gasteiger partial charge in [-0.15, -0.1) is 11.8 Å². The molecule has 1 heterocycles. The summed E-state index contributed by atoms with van der Waals surface area (Å²) in [6.45, 7) is 4.37. The molecule has 1 aromatic heterocycles. The molecule has 6 heteroatoms. The van der Waals surface area contributed by atoms with Crippen molar-refractivity contribution in [1.29, 1.82) is 0 Å². The van der Waals surface area contributed by atoms with E-state index in [1.807, 2.05) is 25.1 Å². The number of hydrogen-bond acceptors (Lipinski definition) is 4. The van der Waals surface area contributed by atoms with Crippen molar-refractivity contribution in [3.63, 3.8) is 0 Å². The zero-order valence-corrected chi connectivity index (χ0v) is 15.9. The number of carbonyl (C=O) groups is 1. The molecule has 0 fully saturated rings. The van der Waals surface area contributed by atoms with Crippen LogP contribution in [0.2, 0.25) is 0 Å². The first kappa shape index (κ1) is 18.2. The van der Waals surface area contributed by atoms with Crippen molar-refractivity contribution in [3.05, 3.63) is 69.8 Å². The van der Waals surface area contributed by atoms with Crippen LogP contribution in [-0.2, 0) is 11.3 Å². The molecule has 0 aliphatic heterocycles. The summed E-state index contributed by atoms with van der Waals surface area (Å²) in [5, 5.41) is 0.552. The van der Waals surface area contributed by atoms with Crippen LogP contribution < -0.4 is 5.56 Å². The average molecular weight is 367 g/mol. The molecule has 1 N–H and O–H groups in total. The molecule has 2 aromatic carbocycles. The molecule has 0 bridgehead atoms. The lowest BCUT2D eigenvalue weighted by molar-refractivity contribution is -0.127. The van der Waals surface area contributed by atoms with Gasteiger partial charge in [0.2, 0.25) is 5.91 Å². The fraction of sp³-hybridized carbons (Fsp3) is 0.250. The van der Waals surface area contributed by atoms with Gasteiger partial charge in [0.1, 0.15) is 5.82 Å².